The van der Waals surface area contributed by atoms with Crippen molar-refractivity contribution in [2.45, 2.75) is 11.8 Å². The number of hydrogen-bond donors (Lipinski definition) is 0. The summed E-state index contributed by atoms with van der Waals surface area (Å²) in [4.78, 5) is 0. The molecular weight excluding hydrogens is 224 g/mol. The molecule has 13 heavy (non-hydrogen) atoms. The Morgan fingerprint density at radius 3 is 2.54 bits per heavy atom. The van der Waals surface area contributed by atoms with Crippen LogP contribution in [0.3, 0.4) is 0 Å². The normalized spacial score (nSPS) is 28.5. The van der Waals surface area contributed by atoms with Gasteiger partial charge in [-0.3, -0.25) is 0 Å². The molecule has 0 aliphatic heterocycles. The first-order chi connectivity index (χ1) is 6.36. The third kappa shape index (κ3) is 0.969. The Balaban J connectivity index is 2.26. The fourth-order valence-corrected chi connectivity index (χ4v) is 2.88. The Bertz CT molecular complexity index is 415. The van der Waals surface area contributed by atoms with Gasteiger partial charge in [0.25, 0.3) is 0 Å². The lowest BCUT2D eigenvalue weighted by molar-refractivity contribution is 0.869. The molecule has 0 saturated heterocycles. The van der Waals surface area contributed by atoms with Gasteiger partial charge in [0.2, 0.25) is 0 Å². The van der Waals surface area contributed by atoms with Crippen LogP contribution in [0.4, 0.5) is 0 Å². The van der Waals surface area contributed by atoms with Gasteiger partial charge < -0.3 is 0 Å². The van der Waals surface area contributed by atoms with Crippen LogP contribution >= 0.6 is 15.9 Å². The average Bonchev–Trinajstić information content (AvgIpc) is 2.19. The number of rotatable bonds is 0. The minimum absolute atomic E-state index is 0.473. The quantitative estimate of drug-likeness (QED) is 0.599. The summed E-state index contributed by atoms with van der Waals surface area (Å²) in [6.07, 6.45) is 6.88. The van der Waals surface area contributed by atoms with E-state index in [1.807, 2.05) is 0 Å². The molecule has 64 valence electrons. The molecule has 1 aromatic carbocycles. The van der Waals surface area contributed by atoms with Crippen molar-refractivity contribution in [3.05, 3.63) is 58.1 Å². The Kier molecular flexibility index (Phi) is 1.50. The Morgan fingerprint density at radius 2 is 1.77 bits per heavy atom. The number of allylic oxidation sites excluding steroid dienone is 4. The molecule has 2 atom stereocenters. The summed E-state index contributed by atoms with van der Waals surface area (Å²) < 4.78 is 1.32. The van der Waals surface area contributed by atoms with Crippen LogP contribution in [0, 0.1) is 0 Å². The van der Waals surface area contributed by atoms with Crippen LogP contribution in [-0.2, 0) is 0 Å². The molecule has 0 N–H and O–H groups in total. The van der Waals surface area contributed by atoms with Crippen molar-refractivity contribution >= 4 is 15.9 Å². The first kappa shape index (κ1) is 7.57. The minimum Gasteiger partial charge on any atom is -0.0762 e. The van der Waals surface area contributed by atoms with E-state index in [1.54, 1.807) is 0 Å². The van der Waals surface area contributed by atoms with Crippen LogP contribution in [0.15, 0.2) is 47.0 Å². The average molecular weight is 233 g/mol. The summed E-state index contributed by atoms with van der Waals surface area (Å²) in [5.74, 6) is 0.969. The van der Waals surface area contributed by atoms with Gasteiger partial charge in [0.1, 0.15) is 0 Å². The van der Waals surface area contributed by atoms with E-state index in [0.717, 1.165) is 0 Å². The van der Waals surface area contributed by atoms with Gasteiger partial charge in [-0.1, -0.05) is 58.4 Å². The van der Waals surface area contributed by atoms with Gasteiger partial charge in [0, 0.05) is 16.3 Å². The van der Waals surface area contributed by atoms with Crippen LogP contribution < -0.4 is 0 Å². The fourth-order valence-electron chi connectivity index (χ4n) is 2.20. The highest BCUT2D eigenvalue weighted by Crippen LogP contribution is 2.46. The Labute approximate surface area is 86.1 Å². The molecule has 2 bridgehead atoms. The third-order valence-electron chi connectivity index (χ3n) is 2.84. The van der Waals surface area contributed by atoms with Crippen molar-refractivity contribution in [3.63, 3.8) is 0 Å². The summed E-state index contributed by atoms with van der Waals surface area (Å²) in [6.45, 7) is 0. The summed E-state index contributed by atoms with van der Waals surface area (Å²) in [7, 11) is 0. The van der Waals surface area contributed by atoms with Crippen molar-refractivity contribution in [2.75, 3.05) is 0 Å². The van der Waals surface area contributed by atoms with Crippen LogP contribution in [-0.4, -0.2) is 0 Å². The van der Waals surface area contributed by atoms with Crippen LogP contribution in [0.5, 0.6) is 0 Å². The standard InChI is InChI=1S/C12H9Br/c13-12-7-8-5-6-11(12)10-4-2-1-3-9(8)10/h1-8,11H/t8-,11-/m0/s1. The molecule has 1 aromatic rings. The lowest BCUT2D eigenvalue weighted by Crippen LogP contribution is -2.14. The lowest BCUT2D eigenvalue weighted by atomic mass is 9.76. The molecule has 3 aliphatic rings. The largest absolute Gasteiger partial charge is 0.0762 e. The van der Waals surface area contributed by atoms with Gasteiger partial charge in [0.05, 0.1) is 0 Å². The molecule has 0 heterocycles. The van der Waals surface area contributed by atoms with Gasteiger partial charge in [-0.2, -0.15) is 0 Å². The second-order valence-electron chi connectivity index (χ2n) is 3.57. The molecule has 3 aliphatic carbocycles. The Morgan fingerprint density at radius 1 is 1.00 bits per heavy atom. The van der Waals surface area contributed by atoms with Crippen molar-refractivity contribution in [1.82, 2.24) is 0 Å². The zero-order valence-electron chi connectivity index (χ0n) is 7.07. The van der Waals surface area contributed by atoms with Gasteiger partial charge in [-0.25, -0.2) is 0 Å². The van der Waals surface area contributed by atoms with Crippen LogP contribution in [0.1, 0.15) is 23.0 Å². The molecule has 1 heteroatoms. The highest BCUT2D eigenvalue weighted by Gasteiger charge is 2.27. The second-order valence-corrected chi connectivity index (χ2v) is 4.48. The molecule has 0 amide bonds. The lowest BCUT2D eigenvalue weighted by Gasteiger charge is -2.30. The number of halogens is 1. The highest BCUT2D eigenvalue weighted by molar-refractivity contribution is 9.11. The van der Waals surface area contributed by atoms with E-state index in [1.165, 1.54) is 15.6 Å². The fraction of sp³-hybridized carbons (Fsp3) is 0.167. The molecule has 0 saturated carbocycles. The minimum atomic E-state index is 0.473. The van der Waals surface area contributed by atoms with E-state index in [4.69, 9.17) is 0 Å². The van der Waals surface area contributed by atoms with E-state index in [2.05, 4.69) is 58.4 Å². The Hall–Kier alpha value is -0.820. The topological polar surface area (TPSA) is 0 Å². The van der Waals surface area contributed by atoms with Crippen LogP contribution in [0.2, 0.25) is 0 Å². The maximum absolute atomic E-state index is 3.63. The predicted octanol–water partition coefficient (Wildman–Crippen LogP) is 3.72. The third-order valence-corrected chi connectivity index (χ3v) is 3.59. The van der Waals surface area contributed by atoms with E-state index in [-0.39, 0.29) is 0 Å². The first-order valence-corrected chi connectivity index (χ1v) is 5.30. The van der Waals surface area contributed by atoms with Crippen molar-refractivity contribution < 1.29 is 0 Å². The van der Waals surface area contributed by atoms with Crippen molar-refractivity contribution in [2.24, 2.45) is 0 Å². The summed E-state index contributed by atoms with van der Waals surface area (Å²) in [5.41, 5.74) is 2.93. The SMILES string of the molecule is BrC1=C[C@@H]2C=C[C@H]1c1ccccc12. The summed E-state index contributed by atoms with van der Waals surface area (Å²) >= 11 is 3.63. The molecule has 0 unspecified atom stereocenters. The summed E-state index contributed by atoms with van der Waals surface area (Å²) in [6, 6.07) is 8.69. The monoisotopic (exact) mass is 232 g/mol. The maximum Gasteiger partial charge on any atom is 0.0336 e. The smallest absolute Gasteiger partial charge is 0.0336 e. The molecule has 4 rings (SSSR count). The van der Waals surface area contributed by atoms with Crippen molar-refractivity contribution in [3.8, 4) is 0 Å². The molecular formula is C12H9Br. The highest BCUT2D eigenvalue weighted by atomic mass is 79.9. The number of hydrogen-bond acceptors (Lipinski definition) is 0. The number of benzene rings is 1. The van der Waals surface area contributed by atoms with E-state index in [0.29, 0.717) is 11.8 Å². The van der Waals surface area contributed by atoms with E-state index < -0.39 is 0 Å². The van der Waals surface area contributed by atoms with Gasteiger partial charge >= 0.3 is 0 Å². The van der Waals surface area contributed by atoms with Gasteiger partial charge in [-0.15, -0.1) is 0 Å². The molecule has 0 aromatic heterocycles. The first-order valence-electron chi connectivity index (χ1n) is 4.50. The zero-order chi connectivity index (χ0) is 8.84. The maximum atomic E-state index is 3.63. The van der Waals surface area contributed by atoms with Crippen molar-refractivity contribution in [1.29, 1.82) is 0 Å². The molecule has 0 nitrogen and oxygen atoms in total. The van der Waals surface area contributed by atoms with Crippen LogP contribution in [0.25, 0.3) is 0 Å². The molecule has 0 spiro atoms. The van der Waals surface area contributed by atoms with E-state index in [9.17, 15) is 0 Å². The van der Waals surface area contributed by atoms with Gasteiger partial charge in [0.15, 0.2) is 0 Å². The van der Waals surface area contributed by atoms with Gasteiger partial charge in [-0.05, 0) is 11.1 Å². The predicted molar refractivity (Wildman–Crippen MR) is 58.1 cm³/mol. The van der Waals surface area contributed by atoms with E-state index >= 15 is 0 Å². The molecule has 0 fully saturated rings. The second kappa shape index (κ2) is 2.58. The summed E-state index contributed by atoms with van der Waals surface area (Å²) in [5, 5.41) is 0. The molecule has 0 radical (unpaired) electrons. The zero-order valence-corrected chi connectivity index (χ0v) is 8.66.